The van der Waals surface area contributed by atoms with Crippen LogP contribution in [0.25, 0.3) is 0 Å². The lowest BCUT2D eigenvalue weighted by molar-refractivity contribution is 0.598. The van der Waals surface area contributed by atoms with Gasteiger partial charge in [-0.2, -0.15) is 0 Å². The average molecular weight is 276 g/mol. The van der Waals surface area contributed by atoms with Gasteiger partial charge in [-0.25, -0.2) is 13.6 Å². The van der Waals surface area contributed by atoms with Crippen molar-refractivity contribution in [2.24, 2.45) is 5.14 Å². The van der Waals surface area contributed by atoms with Gasteiger partial charge in [-0.05, 0) is 24.6 Å². The summed E-state index contributed by atoms with van der Waals surface area (Å²) in [5.41, 5.74) is 2.77. The minimum Gasteiger partial charge on any atom is -0.380 e. The second kappa shape index (κ2) is 5.42. The topological polar surface area (TPSA) is 72.2 Å². The van der Waals surface area contributed by atoms with E-state index in [1.165, 1.54) is 11.6 Å². The van der Waals surface area contributed by atoms with Gasteiger partial charge < -0.3 is 5.32 Å². The van der Waals surface area contributed by atoms with Crippen LogP contribution in [0.2, 0.25) is 0 Å². The zero-order valence-electron chi connectivity index (χ0n) is 10.6. The van der Waals surface area contributed by atoms with Crippen LogP contribution in [0.1, 0.15) is 11.1 Å². The lowest BCUT2D eigenvalue weighted by atomic mass is 10.1. The van der Waals surface area contributed by atoms with E-state index in [1.54, 1.807) is 18.2 Å². The number of rotatable bonds is 4. The molecule has 0 fully saturated rings. The molecule has 0 aliphatic rings. The van der Waals surface area contributed by atoms with Gasteiger partial charge in [0.05, 0.1) is 5.69 Å². The highest BCUT2D eigenvalue weighted by Crippen LogP contribution is 2.20. The zero-order valence-corrected chi connectivity index (χ0v) is 11.4. The highest BCUT2D eigenvalue weighted by atomic mass is 32.2. The van der Waals surface area contributed by atoms with E-state index in [9.17, 15) is 8.42 Å². The van der Waals surface area contributed by atoms with Gasteiger partial charge in [0.1, 0.15) is 4.90 Å². The Morgan fingerprint density at radius 2 is 1.84 bits per heavy atom. The molecule has 2 rings (SSSR count). The molecule has 0 amide bonds. The quantitative estimate of drug-likeness (QED) is 0.899. The van der Waals surface area contributed by atoms with Crippen molar-refractivity contribution in [3.05, 3.63) is 59.7 Å². The maximum Gasteiger partial charge on any atom is 0.240 e. The third kappa shape index (κ3) is 3.56. The second-order valence-electron chi connectivity index (χ2n) is 4.38. The molecular weight excluding hydrogens is 260 g/mol. The van der Waals surface area contributed by atoms with E-state index in [1.807, 2.05) is 31.2 Å². The lowest BCUT2D eigenvalue weighted by Gasteiger charge is -2.10. The van der Waals surface area contributed by atoms with Gasteiger partial charge in [-0.1, -0.05) is 42.0 Å². The van der Waals surface area contributed by atoms with Crippen molar-refractivity contribution in [1.82, 2.24) is 0 Å². The second-order valence-corrected chi connectivity index (χ2v) is 5.91. The Labute approximate surface area is 113 Å². The van der Waals surface area contributed by atoms with Crippen LogP contribution in [-0.2, 0) is 16.6 Å². The highest BCUT2D eigenvalue weighted by Gasteiger charge is 2.12. The van der Waals surface area contributed by atoms with Crippen molar-refractivity contribution in [2.75, 3.05) is 5.32 Å². The van der Waals surface area contributed by atoms with Gasteiger partial charge in [0.2, 0.25) is 10.0 Å². The standard InChI is InChI=1S/C14H16N2O2S/c1-11-5-4-6-12(9-11)10-16-13-7-2-3-8-14(13)19(15,17)18/h2-9,16H,10H2,1H3,(H2,15,17,18). The molecule has 0 bridgehead atoms. The largest absolute Gasteiger partial charge is 0.380 e. The monoisotopic (exact) mass is 276 g/mol. The Kier molecular flexibility index (Phi) is 3.87. The molecule has 5 heteroatoms. The lowest BCUT2D eigenvalue weighted by Crippen LogP contribution is -2.15. The molecule has 0 spiro atoms. The summed E-state index contributed by atoms with van der Waals surface area (Å²) in [6, 6.07) is 14.6. The molecule has 0 aromatic heterocycles. The van der Waals surface area contributed by atoms with Crippen LogP contribution in [0.5, 0.6) is 0 Å². The average Bonchev–Trinajstić information content (AvgIpc) is 2.36. The van der Waals surface area contributed by atoms with E-state index in [-0.39, 0.29) is 4.90 Å². The number of sulfonamides is 1. The zero-order chi connectivity index (χ0) is 13.9. The molecule has 0 aliphatic heterocycles. The van der Waals surface area contributed by atoms with E-state index in [4.69, 9.17) is 5.14 Å². The summed E-state index contributed by atoms with van der Waals surface area (Å²) in [6.45, 7) is 2.57. The molecule has 0 aliphatic carbocycles. The summed E-state index contributed by atoms with van der Waals surface area (Å²) >= 11 is 0. The Morgan fingerprint density at radius 1 is 1.11 bits per heavy atom. The van der Waals surface area contributed by atoms with Crippen LogP contribution in [0.4, 0.5) is 5.69 Å². The molecule has 2 aromatic rings. The minimum atomic E-state index is -3.71. The summed E-state index contributed by atoms with van der Waals surface area (Å²) in [7, 11) is -3.71. The Balaban J connectivity index is 2.21. The SMILES string of the molecule is Cc1cccc(CNc2ccccc2S(N)(=O)=O)c1. The van der Waals surface area contributed by atoms with Crippen molar-refractivity contribution >= 4 is 15.7 Å². The van der Waals surface area contributed by atoms with Gasteiger partial charge in [-0.3, -0.25) is 0 Å². The molecule has 0 radical (unpaired) electrons. The number of aryl methyl sites for hydroxylation is 1. The molecule has 0 atom stereocenters. The highest BCUT2D eigenvalue weighted by molar-refractivity contribution is 7.89. The number of anilines is 1. The number of hydrogen-bond donors (Lipinski definition) is 2. The number of nitrogens with two attached hydrogens (primary N) is 1. The smallest absolute Gasteiger partial charge is 0.240 e. The summed E-state index contributed by atoms with van der Waals surface area (Å²) in [6.07, 6.45) is 0. The van der Waals surface area contributed by atoms with Crippen molar-refractivity contribution in [2.45, 2.75) is 18.4 Å². The molecule has 4 nitrogen and oxygen atoms in total. The normalized spacial score (nSPS) is 11.3. The molecular formula is C14H16N2O2S. The maximum absolute atomic E-state index is 11.5. The van der Waals surface area contributed by atoms with Gasteiger partial charge in [-0.15, -0.1) is 0 Å². The molecule has 100 valence electrons. The fourth-order valence-electron chi connectivity index (χ4n) is 1.88. The molecule has 3 N–H and O–H groups in total. The predicted molar refractivity (Wildman–Crippen MR) is 76.3 cm³/mol. The first kappa shape index (κ1) is 13.6. The Bertz CT molecular complexity index is 681. The van der Waals surface area contributed by atoms with Crippen LogP contribution in [0.3, 0.4) is 0 Å². The van der Waals surface area contributed by atoms with Crippen molar-refractivity contribution < 1.29 is 8.42 Å². The summed E-state index contributed by atoms with van der Waals surface area (Å²) < 4.78 is 22.9. The minimum absolute atomic E-state index is 0.114. The first-order valence-electron chi connectivity index (χ1n) is 5.88. The van der Waals surface area contributed by atoms with E-state index in [0.29, 0.717) is 12.2 Å². The van der Waals surface area contributed by atoms with Gasteiger partial charge in [0.25, 0.3) is 0 Å². The maximum atomic E-state index is 11.5. The van der Waals surface area contributed by atoms with Gasteiger partial charge in [0.15, 0.2) is 0 Å². The predicted octanol–water partition coefficient (Wildman–Crippen LogP) is 2.25. The van der Waals surface area contributed by atoms with Crippen molar-refractivity contribution in [1.29, 1.82) is 0 Å². The van der Waals surface area contributed by atoms with Crippen LogP contribution in [0, 0.1) is 6.92 Å². The van der Waals surface area contributed by atoms with Crippen LogP contribution >= 0.6 is 0 Å². The van der Waals surface area contributed by atoms with Crippen molar-refractivity contribution in [3.8, 4) is 0 Å². The first-order chi connectivity index (χ1) is 8.97. The number of benzene rings is 2. The number of para-hydroxylation sites is 1. The molecule has 0 heterocycles. The van der Waals surface area contributed by atoms with Gasteiger partial charge >= 0.3 is 0 Å². The Hall–Kier alpha value is -1.85. The summed E-state index contributed by atoms with van der Waals surface area (Å²) in [4.78, 5) is 0.114. The van der Waals surface area contributed by atoms with E-state index < -0.39 is 10.0 Å². The Morgan fingerprint density at radius 3 is 2.53 bits per heavy atom. The first-order valence-corrected chi connectivity index (χ1v) is 7.43. The fourth-order valence-corrected chi connectivity index (χ4v) is 2.60. The third-order valence-electron chi connectivity index (χ3n) is 2.76. The fraction of sp³-hybridized carbons (Fsp3) is 0.143. The van der Waals surface area contributed by atoms with E-state index in [2.05, 4.69) is 5.32 Å². The molecule has 0 saturated carbocycles. The summed E-state index contributed by atoms with van der Waals surface area (Å²) in [5.74, 6) is 0. The third-order valence-corrected chi connectivity index (χ3v) is 3.73. The number of primary sulfonamides is 1. The summed E-state index contributed by atoms with van der Waals surface area (Å²) in [5, 5.41) is 8.29. The van der Waals surface area contributed by atoms with E-state index >= 15 is 0 Å². The van der Waals surface area contributed by atoms with Crippen molar-refractivity contribution in [3.63, 3.8) is 0 Å². The van der Waals surface area contributed by atoms with Crippen LogP contribution in [-0.4, -0.2) is 8.42 Å². The number of nitrogens with one attached hydrogen (secondary N) is 1. The van der Waals surface area contributed by atoms with Crippen LogP contribution < -0.4 is 10.5 Å². The number of hydrogen-bond acceptors (Lipinski definition) is 3. The van der Waals surface area contributed by atoms with Gasteiger partial charge in [0, 0.05) is 6.54 Å². The van der Waals surface area contributed by atoms with E-state index in [0.717, 1.165) is 5.56 Å². The molecule has 19 heavy (non-hydrogen) atoms. The molecule has 2 aromatic carbocycles. The molecule has 0 unspecified atom stereocenters. The van der Waals surface area contributed by atoms with Crippen LogP contribution in [0.15, 0.2) is 53.4 Å². The molecule has 0 saturated heterocycles.